The molecule has 0 spiro atoms. The predicted molar refractivity (Wildman–Crippen MR) is 181 cm³/mol. The summed E-state index contributed by atoms with van der Waals surface area (Å²) in [5.41, 5.74) is 1.72. The Morgan fingerprint density at radius 1 is 1.02 bits per heavy atom. The van der Waals surface area contributed by atoms with E-state index in [1.807, 2.05) is 50.2 Å². The smallest absolute Gasteiger partial charge is 0.314 e. The molecule has 4 aromatic rings. The van der Waals surface area contributed by atoms with Gasteiger partial charge >= 0.3 is 5.97 Å². The largest absolute Gasteiger partial charge is 0.497 e. The Labute approximate surface area is 285 Å². The lowest BCUT2D eigenvalue weighted by Gasteiger charge is -2.31. The molecule has 256 valence electrons. The Morgan fingerprint density at radius 2 is 1.75 bits per heavy atom. The second-order valence-electron chi connectivity index (χ2n) is 11.8. The molecule has 11 heteroatoms. The van der Waals surface area contributed by atoms with Crippen molar-refractivity contribution in [2.45, 2.75) is 59.1 Å². The molecule has 1 N–H and O–H groups in total. The Morgan fingerprint density at radius 3 is 2.44 bits per heavy atom. The zero-order valence-electron chi connectivity index (χ0n) is 27.7. The van der Waals surface area contributed by atoms with Crippen LogP contribution in [0.4, 0.5) is 4.39 Å². The van der Waals surface area contributed by atoms with Gasteiger partial charge in [0.1, 0.15) is 18.2 Å². The SMILES string of the molecule is CCCCOC(=O)[C@](C)(COCC)C[C@@H](Cc1ccc(-c2cc(Cl)ccc2F)cc1)NC(=O)c1cc(OCc2ccc(OC)cc2)no1. The van der Waals surface area contributed by atoms with Gasteiger partial charge in [-0.2, -0.15) is 0 Å². The van der Waals surface area contributed by atoms with Gasteiger partial charge in [-0.1, -0.05) is 61.3 Å². The number of carbonyl (C=O) groups excluding carboxylic acids is 2. The van der Waals surface area contributed by atoms with E-state index in [-0.39, 0.29) is 37.1 Å². The zero-order chi connectivity index (χ0) is 34.5. The van der Waals surface area contributed by atoms with Crippen LogP contribution < -0.4 is 14.8 Å². The molecule has 0 unspecified atom stereocenters. The third-order valence-corrected chi connectivity index (χ3v) is 8.05. The minimum absolute atomic E-state index is 0.0476. The van der Waals surface area contributed by atoms with Crippen LogP contribution in [0.15, 0.2) is 77.3 Å². The number of halogens is 2. The van der Waals surface area contributed by atoms with Crippen molar-refractivity contribution in [3.63, 3.8) is 0 Å². The second kappa shape index (κ2) is 17.7. The summed E-state index contributed by atoms with van der Waals surface area (Å²) < 4.78 is 42.1. The molecule has 48 heavy (non-hydrogen) atoms. The van der Waals surface area contributed by atoms with Gasteiger partial charge in [0.05, 0.1) is 31.8 Å². The van der Waals surface area contributed by atoms with Gasteiger partial charge in [0, 0.05) is 23.2 Å². The Kier molecular flexibility index (Phi) is 13.4. The van der Waals surface area contributed by atoms with Gasteiger partial charge in [-0.3, -0.25) is 9.59 Å². The summed E-state index contributed by atoms with van der Waals surface area (Å²) in [4.78, 5) is 26.8. The minimum Gasteiger partial charge on any atom is -0.497 e. The fraction of sp³-hybridized carbons (Fsp3) is 0.378. The Hall–Kier alpha value is -4.41. The van der Waals surface area contributed by atoms with Gasteiger partial charge in [0.25, 0.3) is 11.8 Å². The molecular weight excluding hydrogens is 639 g/mol. The Balaban J connectivity index is 1.53. The molecule has 0 radical (unpaired) electrons. The number of unbranched alkanes of at least 4 members (excludes halogenated alkanes) is 1. The number of esters is 1. The molecule has 3 aromatic carbocycles. The highest BCUT2D eigenvalue weighted by Gasteiger charge is 2.38. The molecule has 0 saturated carbocycles. The monoisotopic (exact) mass is 680 g/mol. The number of hydrogen-bond donors (Lipinski definition) is 1. The summed E-state index contributed by atoms with van der Waals surface area (Å²) in [6.07, 6.45) is 2.18. The highest BCUT2D eigenvalue weighted by Crippen LogP contribution is 2.30. The quantitative estimate of drug-likeness (QED) is 0.0837. The van der Waals surface area contributed by atoms with Gasteiger partial charge in [0.2, 0.25) is 5.76 Å². The van der Waals surface area contributed by atoms with Crippen molar-refractivity contribution in [3.05, 3.63) is 101 Å². The maximum Gasteiger partial charge on any atom is 0.314 e. The van der Waals surface area contributed by atoms with Crippen molar-refractivity contribution < 1.29 is 37.5 Å². The molecule has 0 aliphatic rings. The van der Waals surface area contributed by atoms with E-state index in [4.69, 9.17) is 35.1 Å². The third-order valence-electron chi connectivity index (χ3n) is 7.81. The second-order valence-corrected chi connectivity index (χ2v) is 12.2. The van der Waals surface area contributed by atoms with Gasteiger partial charge in [-0.15, -0.1) is 0 Å². The van der Waals surface area contributed by atoms with Crippen LogP contribution >= 0.6 is 11.6 Å². The number of aromatic nitrogens is 1. The molecule has 4 rings (SSSR count). The van der Waals surface area contributed by atoms with Crippen molar-refractivity contribution in [1.29, 1.82) is 0 Å². The first kappa shape index (κ1) is 36.4. The van der Waals surface area contributed by atoms with E-state index in [0.29, 0.717) is 35.8 Å². The predicted octanol–water partition coefficient (Wildman–Crippen LogP) is 7.84. The Bertz CT molecular complexity index is 1630. The van der Waals surface area contributed by atoms with Crippen LogP contribution in [0.1, 0.15) is 61.7 Å². The molecule has 1 heterocycles. The van der Waals surface area contributed by atoms with Crippen molar-refractivity contribution in [1.82, 2.24) is 10.5 Å². The number of carbonyl (C=O) groups is 2. The molecule has 0 saturated heterocycles. The average molecular weight is 681 g/mol. The summed E-state index contributed by atoms with van der Waals surface area (Å²) in [5.74, 6) is -0.478. The van der Waals surface area contributed by atoms with Crippen molar-refractivity contribution >= 4 is 23.5 Å². The van der Waals surface area contributed by atoms with E-state index in [9.17, 15) is 14.0 Å². The highest BCUT2D eigenvalue weighted by atomic mass is 35.5. The highest BCUT2D eigenvalue weighted by molar-refractivity contribution is 6.30. The average Bonchev–Trinajstić information content (AvgIpc) is 3.57. The van der Waals surface area contributed by atoms with E-state index in [2.05, 4.69) is 10.5 Å². The molecule has 0 bridgehead atoms. The maximum atomic E-state index is 14.5. The number of nitrogens with one attached hydrogen (secondary N) is 1. The standard InChI is InChI=1S/C37H42ClFN2O7/c1-5-7-18-46-36(43)37(3,24-45-6-2)22-29(19-25-8-12-27(13-9-25)31-20-28(38)14-17-32(31)39)40-35(42)33-21-34(41-48-33)47-23-26-10-15-30(44-4)16-11-26/h8-17,20-21,29H,5-7,18-19,22-24H2,1-4H3,(H,40,42)/t29-,37+/m1/s1. The van der Waals surface area contributed by atoms with Crippen molar-refractivity contribution in [2.75, 3.05) is 26.9 Å². The van der Waals surface area contributed by atoms with Gasteiger partial charge in [-0.25, -0.2) is 4.39 Å². The van der Waals surface area contributed by atoms with Crippen molar-refractivity contribution in [2.24, 2.45) is 5.41 Å². The number of amides is 1. The first-order valence-electron chi connectivity index (χ1n) is 16.0. The van der Waals surface area contributed by atoms with Crippen LogP contribution in [-0.4, -0.2) is 50.0 Å². The molecule has 1 aromatic heterocycles. The van der Waals surface area contributed by atoms with E-state index >= 15 is 0 Å². The summed E-state index contributed by atoms with van der Waals surface area (Å²) in [6, 6.07) is 19.9. The van der Waals surface area contributed by atoms with Gasteiger partial charge in [0.15, 0.2) is 0 Å². The molecule has 0 fully saturated rings. The lowest BCUT2D eigenvalue weighted by molar-refractivity contribution is -0.159. The zero-order valence-corrected chi connectivity index (χ0v) is 28.5. The number of nitrogens with zero attached hydrogens (tertiary/aromatic N) is 1. The van der Waals surface area contributed by atoms with Gasteiger partial charge < -0.3 is 28.8 Å². The van der Waals surface area contributed by atoms with Crippen LogP contribution in [0.5, 0.6) is 11.6 Å². The number of benzene rings is 3. The fourth-order valence-electron chi connectivity index (χ4n) is 5.12. The van der Waals surface area contributed by atoms with E-state index < -0.39 is 23.3 Å². The summed E-state index contributed by atoms with van der Waals surface area (Å²) in [6.45, 7) is 6.68. The topological polar surface area (TPSA) is 109 Å². The molecular formula is C37H42ClFN2O7. The third kappa shape index (κ3) is 10.3. The molecule has 1 amide bonds. The van der Waals surface area contributed by atoms with E-state index in [1.54, 1.807) is 32.2 Å². The first-order chi connectivity index (χ1) is 23.1. The number of ether oxygens (including phenoxy) is 4. The van der Waals surface area contributed by atoms with E-state index in [1.165, 1.54) is 18.2 Å². The summed E-state index contributed by atoms with van der Waals surface area (Å²) in [5, 5.41) is 7.34. The van der Waals surface area contributed by atoms with Crippen molar-refractivity contribution in [3.8, 4) is 22.8 Å². The van der Waals surface area contributed by atoms with E-state index in [0.717, 1.165) is 29.7 Å². The molecule has 9 nitrogen and oxygen atoms in total. The lowest BCUT2D eigenvalue weighted by atomic mass is 9.82. The summed E-state index contributed by atoms with van der Waals surface area (Å²) in [7, 11) is 1.59. The molecule has 0 aliphatic carbocycles. The number of rotatable bonds is 18. The van der Waals surface area contributed by atoms with Gasteiger partial charge in [-0.05, 0) is 85.3 Å². The normalized spacial score (nSPS) is 13.0. The first-order valence-corrected chi connectivity index (χ1v) is 16.3. The van der Waals surface area contributed by atoms with Crippen LogP contribution in [0.25, 0.3) is 11.1 Å². The maximum absolute atomic E-state index is 14.5. The minimum atomic E-state index is -1.06. The number of methoxy groups -OCH3 is 1. The fourth-order valence-corrected chi connectivity index (χ4v) is 5.30. The number of hydrogen-bond acceptors (Lipinski definition) is 8. The lowest BCUT2D eigenvalue weighted by Crippen LogP contribution is -2.45. The molecule has 0 aliphatic heterocycles. The van der Waals surface area contributed by atoms with Crippen LogP contribution in [0.2, 0.25) is 5.02 Å². The molecule has 2 atom stereocenters. The van der Waals surface area contributed by atoms with Crippen LogP contribution in [-0.2, 0) is 27.3 Å². The van der Waals surface area contributed by atoms with Crippen LogP contribution in [0, 0.1) is 11.2 Å². The summed E-state index contributed by atoms with van der Waals surface area (Å²) >= 11 is 6.11. The van der Waals surface area contributed by atoms with Crippen LogP contribution in [0.3, 0.4) is 0 Å².